The van der Waals surface area contributed by atoms with Crippen molar-refractivity contribution in [1.29, 1.82) is 0 Å². The van der Waals surface area contributed by atoms with E-state index in [9.17, 15) is 13.2 Å². The zero-order valence-corrected chi connectivity index (χ0v) is 45.1. The average molecular weight is 881 g/mol. The van der Waals surface area contributed by atoms with Gasteiger partial charge in [-0.3, -0.25) is 0 Å². The molecule has 0 fully saturated rings. The van der Waals surface area contributed by atoms with Gasteiger partial charge < -0.3 is 9.90 Å². The number of hydrogen-bond donors (Lipinski definition) is 0. The van der Waals surface area contributed by atoms with Crippen LogP contribution in [0.5, 0.6) is 0 Å². The second-order valence-corrected chi connectivity index (χ2v) is 28.9. The number of halogens is 3. The van der Waals surface area contributed by atoms with Gasteiger partial charge in [0.2, 0.25) is 0 Å². The number of hydrogen-bond acceptors (Lipinski definition) is 2. The van der Waals surface area contributed by atoms with Crippen LogP contribution < -0.4 is 5.11 Å². The molecule has 3 aromatic rings. The first-order valence-corrected chi connectivity index (χ1v) is 23.8. The number of carboxylic acid groups (broad SMARTS) is 1. The minimum absolute atomic E-state index is 0.0140. The Morgan fingerprint density at radius 3 is 0.548 bits per heavy atom. The molecular formula is C56H87F3O2S. The molecule has 3 aromatic carbocycles. The standard InChI is InChI=1S/C54H87S.C2HF3O2/c1-46(2,3)34-28-37(49(10,11)12)43(38(29-34)50(13,14)15)55(44-39(51(16,17)18)30-35(47(4,5)6)31-40(44)52(19,20)21)45-41(53(22,23)24)32-36(48(7,8)9)33-42(45)54(25,26)27;3-2(4,5)1(6)7/h28-33H,1-27H3;(H,6,7)/q+1;/p-1. The Morgan fingerprint density at radius 1 is 0.339 bits per heavy atom. The maximum Gasteiger partial charge on any atom is 0.430 e. The first-order valence-electron chi connectivity index (χ1n) is 22.6. The lowest BCUT2D eigenvalue weighted by molar-refractivity contribution is -0.344. The smallest absolute Gasteiger partial charge is 0.430 e. The van der Waals surface area contributed by atoms with Crippen molar-refractivity contribution < 1.29 is 23.1 Å². The highest BCUT2D eigenvalue weighted by atomic mass is 32.2. The zero-order valence-electron chi connectivity index (χ0n) is 44.3. The minimum atomic E-state index is -5.19. The summed E-state index contributed by atoms with van der Waals surface area (Å²) in [7, 11) is -0.468. The third kappa shape index (κ3) is 13.2. The van der Waals surface area contributed by atoms with Gasteiger partial charge in [0, 0.05) is 33.4 Å². The first kappa shape index (κ1) is 55.4. The van der Waals surface area contributed by atoms with Gasteiger partial charge in [-0.1, -0.05) is 187 Å². The van der Waals surface area contributed by atoms with Crippen molar-refractivity contribution in [2.45, 2.75) is 257 Å². The summed E-state index contributed by atoms with van der Waals surface area (Å²) < 4.78 is 31.5. The van der Waals surface area contributed by atoms with Crippen LogP contribution in [0.1, 0.15) is 237 Å². The second kappa shape index (κ2) is 17.2. The highest BCUT2D eigenvalue weighted by molar-refractivity contribution is 7.97. The zero-order chi connectivity index (χ0) is 49.3. The number of alkyl halides is 3. The predicted octanol–water partition coefficient (Wildman–Crippen LogP) is 15.8. The van der Waals surface area contributed by atoms with Gasteiger partial charge in [-0.05, 0) is 102 Å². The molecule has 2 nitrogen and oxygen atoms in total. The van der Waals surface area contributed by atoms with Crippen LogP contribution in [0.4, 0.5) is 13.2 Å². The van der Waals surface area contributed by atoms with Gasteiger partial charge in [0.25, 0.3) is 0 Å². The van der Waals surface area contributed by atoms with Crippen molar-refractivity contribution in [1.82, 2.24) is 0 Å². The van der Waals surface area contributed by atoms with Gasteiger partial charge in [0.15, 0.2) is 14.7 Å². The Bertz CT molecular complexity index is 1760. The van der Waals surface area contributed by atoms with E-state index in [-0.39, 0.29) is 48.7 Å². The number of aliphatic carboxylic acids is 1. The molecule has 0 aliphatic rings. The van der Waals surface area contributed by atoms with E-state index >= 15 is 0 Å². The highest BCUT2D eigenvalue weighted by Gasteiger charge is 2.50. The van der Waals surface area contributed by atoms with Crippen molar-refractivity contribution in [3.05, 3.63) is 86.5 Å². The van der Waals surface area contributed by atoms with Crippen molar-refractivity contribution >= 4 is 16.9 Å². The second-order valence-electron chi connectivity index (χ2n) is 27.0. The topological polar surface area (TPSA) is 40.1 Å². The third-order valence-corrected chi connectivity index (χ3v) is 14.1. The van der Waals surface area contributed by atoms with Crippen LogP contribution in [0.15, 0.2) is 51.1 Å². The van der Waals surface area contributed by atoms with E-state index in [0.29, 0.717) is 0 Å². The fourth-order valence-electron chi connectivity index (χ4n) is 7.49. The van der Waals surface area contributed by atoms with Crippen LogP contribution >= 0.6 is 0 Å². The molecule has 0 heterocycles. The van der Waals surface area contributed by atoms with E-state index in [2.05, 4.69) is 223 Å². The third-order valence-electron chi connectivity index (χ3n) is 11.6. The summed E-state index contributed by atoms with van der Waals surface area (Å²) in [6, 6.07) is 15.7. The normalized spacial score (nSPS) is 14.2. The van der Waals surface area contributed by atoms with Crippen LogP contribution in [0, 0.1) is 0 Å². The molecule has 0 saturated heterocycles. The minimum Gasteiger partial charge on any atom is -0.542 e. The van der Waals surface area contributed by atoms with Crippen molar-refractivity contribution in [3.8, 4) is 0 Å². The van der Waals surface area contributed by atoms with E-state index in [1.165, 1.54) is 50.1 Å². The molecule has 350 valence electrons. The lowest BCUT2D eigenvalue weighted by Crippen LogP contribution is -2.37. The molecule has 0 N–H and O–H groups in total. The lowest BCUT2D eigenvalue weighted by Gasteiger charge is -2.38. The van der Waals surface area contributed by atoms with Crippen LogP contribution in [-0.2, 0) is 64.4 Å². The molecule has 0 unspecified atom stereocenters. The summed E-state index contributed by atoms with van der Waals surface area (Å²) in [5.74, 6) is -3.01. The quantitative estimate of drug-likeness (QED) is 0.246. The van der Waals surface area contributed by atoms with Gasteiger partial charge in [-0.25, -0.2) is 0 Å². The number of rotatable bonds is 3. The fourth-order valence-corrected chi connectivity index (χ4v) is 11.6. The number of benzene rings is 3. The Balaban J connectivity index is 0.00000173. The van der Waals surface area contributed by atoms with Crippen molar-refractivity contribution in [3.63, 3.8) is 0 Å². The van der Waals surface area contributed by atoms with E-state index in [1.54, 1.807) is 14.7 Å². The maximum absolute atomic E-state index is 10.5. The molecule has 0 amide bonds. The molecule has 0 bridgehead atoms. The van der Waals surface area contributed by atoms with Gasteiger partial charge in [-0.15, -0.1) is 0 Å². The number of carbonyl (C=O) groups is 1. The summed E-state index contributed by atoms with van der Waals surface area (Å²) in [5, 5.41) is 8.78. The summed E-state index contributed by atoms with van der Waals surface area (Å²) in [6.07, 6.45) is -5.19. The SMILES string of the molecule is CC(C)(C)c1cc(C(C)(C)C)c([S+](c2c(C(C)(C)C)cc(C(C)(C)C)cc2C(C)(C)C)c2c(C(C)(C)C)cc(C(C)(C)C)cc2C(C)(C)C)c(C(C)(C)C)c1.O=C([O-])C(F)(F)F. The average Bonchev–Trinajstić information content (AvgIpc) is 3.00. The maximum atomic E-state index is 10.5. The van der Waals surface area contributed by atoms with E-state index in [4.69, 9.17) is 9.90 Å². The summed E-state index contributed by atoms with van der Waals surface area (Å²) in [6.45, 7) is 65.8. The van der Waals surface area contributed by atoms with Gasteiger partial charge in [0.1, 0.15) is 16.9 Å². The molecule has 0 spiro atoms. The number of carboxylic acids is 1. The molecule has 0 aromatic heterocycles. The van der Waals surface area contributed by atoms with Gasteiger partial charge >= 0.3 is 6.18 Å². The van der Waals surface area contributed by atoms with Gasteiger partial charge in [0.05, 0.1) is 0 Å². The molecule has 0 saturated carbocycles. The molecular weight excluding hydrogens is 794 g/mol. The molecule has 62 heavy (non-hydrogen) atoms. The highest BCUT2D eigenvalue weighted by Crippen LogP contribution is 2.54. The van der Waals surface area contributed by atoms with E-state index in [0.717, 1.165) is 0 Å². The van der Waals surface area contributed by atoms with Crippen LogP contribution in [0.2, 0.25) is 0 Å². The molecule has 0 radical (unpaired) electrons. The van der Waals surface area contributed by atoms with Gasteiger partial charge in [-0.2, -0.15) is 13.2 Å². The van der Waals surface area contributed by atoms with Crippen molar-refractivity contribution in [2.24, 2.45) is 0 Å². The summed E-state index contributed by atoms with van der Waals surface area (Å²) >= 11 is 0. The Kier molecular flexibility index (Phi) is 15.4. The Hall–Kier alpha value is -2.73. The van der Waals surface area contributed by atoms with E-state index in [1.807, 2.05) is 0 Å². The monoisotopic (exact) mass is 881 g/mol. The van der Waals surface area contributed by atoms with Crippen LogP contribution in [0.25, 0.3) is 0 Å². The molecule has 3 rings (SSSR count). The summed E-state index contributed by atoms with van der Waals surface area (Å²) in [5.41, 5.74) is 12.7. The predicted molar refractivity (Wildman–Crippen MR) is 261 cm³/mol. The van der Waals surface area contributed by atoms with Crippen LogP contribution in [-0.4, -0.2) is 12.1 Å². The largest absolute Gasteiger partial charge is 0.542 e. The van der Waals surface area contributed by atoms with Crippen molar-refractivity contribution in [2.75, 3.05) is 0 Å². The fraction of sp³-hybridized carbons (Fsp3) is 0.661. The molecule has 0 aliphatic heterocycles. The van der Waals surface area contributed by atoms with E-state index < -0.39 is 23.0 Å². The molecule has 0 atom stereocenters. The van der Waals surface area contributed by atoms with Crippen LogP contribution in [0.3, 0.4) is 0 Å². The Labute approximate surface area is 381 Å². The number of carbonyl (C=O) groups excluding carboxylic acids is 1. The Morgan fingerprint density at radius 2 is 0.468 bits per heavy atom. The molecule has 6 heteroatoms. The lowest BCUT2D eigenvalue weighted by atomic mass is 9.75. The molecule has 0 aliphatic carbocycles. The summed E-state index contributed by atoms with van der Waals surface area (Å²) in [4.78, 5) is 13.4. The first-order chi connectivity index (χ1) is 26.9.